The monoisotopic (exact) mass is 565 g/mol. The van der Waals surface area contributed by atoms with Gasteiger partial charge in [0.2, 0.25) is 0 Å². The second kappa shape index (κ2) is 12.7. The molecule has 4 aromatic carbocycles. The van der Waals surface area contributed by atoms with Crippen molar-refractivity contribution in [2.45, 2.75) is 23.5 Å². The Hall–Kier alpha value is -4.24. The van der Waals surface area contributed by atoms with E-state index < -0.39 is 21.5 Å². The summed E-state index contributed by atoms with van der Waals surface area (Å²) in [5.41, 5.74) is 2.12. The second-order valence-corrected chi connectivity index (χ2v) is 11.1. The molecule has 0 atom stereocenters. The number of ether oxygens (including phenoxy) is 2. The molecule has 0 aliphatic rings. The van der Waals surface area contributed by atoms with Crippen molar-refractivity contribution in [3.05, 3.63) is 113 Å². The van der Waals surface area contributed by atoms with Crippen LogP contribution in [0.3, 0.4) is 0 Å². The van der Waals surface area contributed by atoms with E-state index in [1.165, 1.54) is 32.4 Å². The standard InChI is InChI=1S/C31H29F2NO5S/c1-38-28-11-4-3-10-25(28)31(35)34-16-6-9-21-7-5-8-22(17-21)20-40(36,37)30-18-23(12-15-29(30)39-2)26-19-24(32)13-14-27(26)33/h3-5,7-8,10-15,17-19H,6,9,16,20H2,1-2H3,(H,34,35). The van der Waals surface area contributed by atoms with Crippen molar-refractivity contribution in [1.82, 2.24) is 5.32 Å². The molecule has 0 aromatic heterocycles. The van der Waals surface area contributed by atoms with E-state index in [1.807, 2.05) is 12.1 Å². The largest absolute Gasteiger partial charge is 0.496 e. The van der Waals surface area contributed by atoms with Crippen LogP contribution in [0.5, 0.6) is 11.5 Å². The molecule has 208 valence electrons. The Morgan fingerprint density at radius 1 is 0.825 bits per heavy atom. The molecule has 0 saturated carbocycles. The summed E-state index contributed by atoms with van der Waals surface area (Å²) < 4.78 is 65.5. The molecule has 1 N–H and O–H groups in total. The fourth-order valence-electron chi connectivity index (χ4n) is 4.40. The van der Waals surface area contributed by atoms with Gasteiger partial charge in [-0.25, -0.2) is 17.2 Å². The molecule has 6 nitrogen and oxygen atoms in total. The maximum Gasteiger partial charge on any atom is 0.255 e. The minimum absolute atomic E-state index is 0.0427. The molecule has 0 fully saturated rings. The van der Waals surface area contributed by atoms with Gasteiger partial charge in [-0.2, -0.15) is 0 Å². The van der Waals surface area contributed by atoms with Gasteiger partial charge in [-0.05, 0) is 72.0 Å². The topological polar surface area (TPSA) is 81.7 Å². The number of methoxy groups -OCH3 is 2. The summed E-state index contributed by atoms with van der Waals surface area (Å²) in [6.07, 6.45) is 1.27. The van der Waals surface area contributed by atoms with Crippen LogP contribution in [0.1, 0.15) is 27.9 Å². The fraction of sp³-hybridized carbons (Fsp3) is 0.194. The molecular formula is C31H29F2NO5S. The Bertz CT molecular complexity index is 1620. The summed E-state index contributed by atoms with van der Waals surface area (Å²) in [4.78, 5) is 12.4. The van der Waals surface area contributed by atoms with Crippen LogP contribution in [0.2, 0.25) is 0 Å². The van der Waals surface area contributed by atoms with Crippen LogP contribution in [0.15, 0.2) is 89.8 Å². The van der Waals surface area contributed by atoms with E-state index in [0.717, 1.165) is 23.8 Å². The van der Waals surface area contributed by atoms with E-state index in [0.29, 0.717) is 36.3 Å². The Balaban J connectivity index is 1.45. The first kappa shape index (κ1) is 28.8. The van der Waals surface area contributed by atoms with Gasteiger partial charge in [-0.15, -0.1) is 0 Å². The average Bonchev–Trinajstić information content (AvgIpc) is 2.96. The predicted molar refractivity (Wildman–Crippen MR) is 149 cm³/mol. The normalized spacial score (nSPS) is 11.2. The Morgan fingerprint density at radius 2 is 1.57 bits per heavy atom. The van der Waals surface area contributed by atoms with Gasteiger partial charge in [0.05, 0.1) is 25.5 Å². The van der Waals surface area contributed by atoms with Crippen molar-refractivity contribution >= 4 is 15.7 Å². The molecule has 4 aromatic rings. The first-order chi connectivity index (χ1) is 19.2. The lowest BCUT2D eigenvalue weighted by Gasteiger charge is -2.13. The Morgan fingerprint density at radius 3 is 2.35 bits per heavy atom. The number of carbonyl (C=O) groups excluding carboxylic acids is 1. The molecule has 4 rings (SSSR count). The lowest BCUT2D eigenvalue weighted by atomic mass is 10.0. The first-order valence-electron chi connectivity index (χ1n) is 12.6. The van der Waals surface area contributed by atoms with Crippen LogP contribution in [0.25, 0.3) is 11.1 Å². The third-order valence-corrected chi connectivity index (χ3v) is 8.07. The zero-order chi connectivity index (χ0) is 28.7. The van der Waals surface area contributed by atoms with E-state index in [4.69, 9.17) is 9.47 Å². The van der Waals surface area contributed by atoms with E-state index in [9.17, 15) is 22.0 Å². The highest BCUT2D eigenvalue weighted by molar-refractivity contribution is 7.90. The molecule has 9 heteroatoms. The van der Waals surface area contributed by atoms with Gasteiger partial charge in [-0.1, -0.05) is 42.5 Å². The van der Waals surface area contributed by atoms with Crippen LogP contribution < -0.4 is 14.8 Å². The number of aryl methyl sites for hydroxylation is 1. The molecule has 0 unspecified atom stereocenters. The molecule has 0 aliphatic heterocycles. The zero-order valence-electron chi connectivity index (χ0n) is 22.1. The third kappa shape index (κ3) is 6.84. The minimum Gasteiger partial charge on any atom is -0.496 e. The van der Waals surface area contributed by atoms with E-state index >= 15 is 0 Å². The number of carbonyl (C=O) groups is 1. The van der Waals surface area contributed by atoms with Crippen molar-refractivity contribution in [3.63, 3.8) is 0 Å². The van der Waals surface area contributed by atoms with Crippen LogP contribution in [0, 0.1) is 11.6 Å². The first-order valence-corrected chi connectivity index (χ1v) is 14.2. The van der Waals surface area contributed by atoms with Crippen molar-refractivity contribution in [3.8, 4) is 22.6 Å². The Labute approximate surface area is 232 Å². The summed E-state index contributed by atoms with van der Waals surface area (Å²) in [6.45, 7) is 0.431. The summed E-state index contributed by atoms with van der Waals surface area (Å²) in [7, 11) is -1.05. The van der Waals surface area contributed by atoms with Crippen LogP contribution >= 0.6 is 0 Å². The molecule has 0 spiro atoms. The van der Waals surface area contributed by atoms with Crippen LogP contribution in [-0.4, -0.2) is 35.1 Å². The number of rotatable bonds is 11. The summed E-state index contributed by atoms with van der Waals surface area (Å²) in [5.74, 6) is -1.22. The van der Waals surface area contributed by atoms with E-state index in [2.05, 4.69) is 5.32 Å². The molecule has 1 amide bonds. The maximum absolute atomic E-state index is 14.4. The lowest BCUT2D eigenvalue weighted by Crippen LogP contribution is -2.25. The molecule has 0 aliphatic carbocycles. The quantitative estimate of drug-likeness (QED) is 0.226. The highest BCUT2D eigenvalue weighted by Crippen LogP contribution is 2.33. The summed E-state index contributed by atoms with van der Waals surface area (Å²) in [5, 5.41) is 2.88. The number of sulfone groups is 1. The van der Waals surface area contributed by atoms with Gasteiger partial charge < -0.3 is 14.8 Å². The number of hydrogen-bond acceptors (Lipinski definition) is 5. The molecular weight excluding hydrogens is 536 g/mol. The van der Waals surface area contributed by atoms with Crippen molar-refractivity contribution in [2.24, 2.45) is 0 Å². The number of nitrogens with one attached hydrogen (secondary N) is 1. The van der Waals surface area contributed by atoms with E-state index in [1.54, 1.807) is 36.4 Å². The van der Waals surface area contributed by atoms with Gasteiger partial charge in [0.25, 0.3) is 5.91 Å². The van der Waals surface area contributed by atoms with Gasteiger partial charge in [0, 0.05) is 12.1 Å². The molecule has 0 heterocycles. The highest BCUT2D eigenvalue weighted by atomic mass is 32.2. The van der Waals surface area contributed by atoms with Gasteiger partial charge >= 0.3 is 0 Å². The third-order valence-electron chi connectivity index (χ3n) is 6.37. The summed E-state index contributed by atoms with van der Waals surface area (Å²) >= 11 is 0. The lowest BCUT2D eigenvalue weighted by molar-refractivity contribution is 0.0950. The van der Waals surface area contributed by atoms with Gasteiger partial charge in [-0.3, -0.25) is 4.79 Å². The molecule has 0 radical (unpaired) electrons. The summed E-state index contributed by atoms with van der Waals surface area (Å²) in [6, 6.07) is 21.4. The van der Waals surface area contributed by atoms with Crippen LogP contribution in [0.4, 0.5) is 8.78 Å². The smallest absolute Gasteiger partial charge is 0.255 e. The number of halogens is 2. The zero-order valence-corrected chi connectivity index (χ0v) is 22.9. The molecule has 0 bridgehead atoms. The molecule has 0 saturated heterocycles. The number of hydrogen-bond donors (Lipinski definition) is 1. The van der Waals surface area contributed by atoms with Gasteiger partial charge in [0.15, 0.2) is 9.84 Å². The van der Waals surface area contributed by atoms with Crippen molar-refractivity contribution in [1.29, 1.82) is 0 Å². The number of amides is 1. The Kier molecular flexibility index (Phi) is 9.16. The van der Waals surface area contributed by atoms with Crippen molar-refractivity contribution < 1.29 is 31.5 Å². The maximum atomic E-state index is 14.4. The average molecular weight is 566 g/mol. The van der Waals surface area contributed by atoms with Crippen molar-refractivity contribution in [2.75, 3.05) is 20.8 Å². The molecule has 40 heavy (non-hydrogen) atoms. The van der Waals surface area contributed by atoms with E-state index in [-0.39, 0.29) is 33.4 Å². The fourth-order valence-corrected chi connectivity index (χ4v) is 5.94. The number of benzene rings is 4. The minimum atomic E-state index is -3.91. The number of para-hydroxylation sites is 1. The highest BCUT2D eigenvalue weighted by Gasteiger charge is 2.22. The SMILES string of the molecule is COc1ccccc1C(=O)NCCCc1cccc(CS(=O)(=O)c2cc(-c3cc(F)ccc3F)ccc2OC)c1. The predicted octanol–water partition coefficient (Wildman–Crippen LogP) is 5.99. The van der Waals surface area contributed by atoms with Crippen LogP contribution in [-0.2, 0) is 22.0 Å². The van der Waals surface area contributed by atoms with Gasteiger partial charge in [0.1, 0.15) is 28.0 Å². The second-order valence-electron chi connectivity index (χ2n) is 9.13.